The van der Waals surface area contributed by atoms with Gasteiger partial charge in [0.25, 0.3) is 0 Å². The molecule has 1 atom stereocenters. The molecule has 0 N–H and O–H groups in total. The predicted octanol–water partition coefficient (Wildman–Crippen LogP) is 2.52. The van der Waals surface area contributed by atoms with Crippen LogP contribution < -0.4 is 0 Å². The first-order chi connectivity index (χ1) is 9.85. The van der Waals surface area contributed by atoms with E-state index in [1.165, 1.54) is 5.56 Å². The smallest absolute Gasteiger partial charge is 0.410 e. The third-order valence-corrected chi connectivity index (χ3v) is 3.61. The molecule has 0 spiro atoms. The third-order valence-electron chi connectivity index (χ3n) is 3.61. The fourth-order valence-corrected chi connectivity index (χ4v) is 2.50. The van der Waals surface area contributed by atoms with Crippen molar-refractivity contribution >= 4 is 6.09 Å². The van der Waals surface area contributed by atoms with E-state index in [0.717, 1.165) is 26.1 Å². The van der Waals surface area contributed by atoms with Gasteiger partial charge in [0, 0.05) is 45.1 Å². The Morgan fingerprint density at radius 3 is 2.90 bits per heavy atom. The van der Waals surface area contributed by atoms with E-state index < -0.39 is 5.60 Å². The molecule has 1 aromatic rings. The highest BCUT2D eigenvalue weighted by Gasteiger charge is 2.30. The van der Waals surface area contributed by atoms with Gasteiger partial charge in [0.05, 0.1) is 0 Å². The van der Waals surface area contributed by atoms with Crippen molar-refractivity contribution in [2.24, 2.45) is 0 Å². The van der Waals surface area contributed by atoms with Crippen LogP contribution >= 0.6 is 0 Å². The summed E-state index contributed by atoms with van der Waals surface area (Å²) < 4.78 is 5.42. The summed E-state index contributed by atoms with van der Waals surface area (Å²) in [5.41, 5.74) is 0.761. The number of pyridine rings is 1. The topological polar surface area (TPSA) is 45.7 Å². The van der Waals surface area contributed by atoms with Crippen LogP contribution in [0.4, 0.5) is 4.79 Å². The molecule has 116 valence electrons. The van der Waals surface area contributed by atoms with Crippen LogP contribution in [-0.2, 0) is 11.3 Å². The van der Waals surface area contributed by atoms with E-state index in [4.69, 9.17) is 4.74 Å². The third kappa shape index (κ3) is 4.70. The van der Waals surface area contributed by atoms with E-state index in [2.05, 4.69) is 16.0 Å². The number of rotatable bonds is 3. The molecule has 1 aliphatic rings. The number of nitrogens with zero attached hydrogens (tertiary/aromatic N) is 3. The molecule has 21 heavy (non-hydrogen) atoms. The van der Waals surface area contributed by atoms with Crippen molar-refractivity contribution < 1.29 is 9.53 Å². The molecule has 0 radical (unpaired) electrons. The van der Waals surface area contributed by atoms with Crippen molar-refractivity contribution in [1.29, 1.82) is 0 Å². The van der Waals surface area contributed by atoms with Gasteiger partial charge in [0.1, 0.15) is 5.60 Å². The second-order valence-electron chi connectivity index (χ2n) is 6.63. The zero-order valence-corrected chi connectivity index (χ0v) is 13.4. The first-order valence-corrected chi connectivity index (χ1v) is 7.42. The maximum atomic E-state index is 12.1. The number of likely N-dealkylation sites (tertiary alicyclic amines) is 1. The molecule has 0 saturated carbocycles. The number of hydrogen-bond acceptors (Lipinski definition) is 4. The zero-order valence-electron chi connectivity index (χ0n) is 13.4. The van der Waals surface area contributed by atoms with Gasteiger partial charge in [-0.25, -0.2) is 4.79 Å². The number of carbonyl (C=O) groups is 1. The molecule has 5 nitrogen and oxygen atoms in total. The minimum Gasteiger partial charge on any atom is -0.444 e. The Morgan fingerprint density at radius 1 is 1.52 bits per heavy atom. The van der Waals surface area contributed by atoms with Gasteiger partial charge < -0.3 is 9.64 Å². The van der Waals surface area contributed by atoms with Crippen molar-refractivity contribution in [3.8, 4) is 0 Å². The molecule has 2 heterocycles. The first kappa shape index (κ1) is 15.8. The van der Waals surface area contributed by atoms with Crippen LogP contribution in [0.2, 0.25) is 0 Å². The maximum absolute atomic E-state index is 12.1. The van der Waals surface area contributed by atoms with Crippen LogP contribution in [0.3, 0.4) is 0 Å². The van der Waals surface area contributed by atoms with Gasteiger partial charge in [-0.3, -0.25) is 9.88 Å². The largest absolute Gasteiger partial charge is 0.444 e. The van der Waals surface area contributed by atoms with Gasteiger partial charge >= 0.3 is 6.09 Å². The Balaban J connectivity index is 1.85. The molecular weight excluding hydrogens is 266 g/mol. The Labute approximate surface area is 126 Å². The van der Waals surface area contributed by atoms with E-state index >= 15 is 0 Å². The van der Waals surface area contributed by atoms with Crippen molar-refractivity contribution in [1.82, 2.24) is 14.8 Å². The van der Waals surface area contributed by atoms with Gasteiger partial charge in [0.2, 0.25) is 0 Å². The summed E-state index contributed by atoms with van der Waals surface area (Å²) in [5.74, 6) is 0. The summed E-state index contributed by atoms with van der Waals surface area (Å²) in [5, 5.41) is 0. The van der Waals surface area contributed by atoms with E-state index in [1.807, 2.05) is 40.1 Å². The normalized spacial score (nSPS) is 19.5. The lowest BCUT2D eigenvalue weighted by Gasteiger charge is -2.28. The monoisotopic (exact) mass is 291 g/mol. The molecule has 1 unspecified atom stereocenters. The molecule has 0 bridgehead atoms. The molecule has 0 aliphatic carbocycles. The number of likely N-dealkylation sites (N-methyl/N-ethyl adjacent to an activating group) is 1. The lowest BCUT2D eigenvalue weighted by Crippen LogP contribution is -2.42. The molecule has 1 saturated heterocycles. The van der Waals surface area contributed by atoms with E-state index in [9.17, 15) is 4.79 Å². The lowest BCUT2D eigenvalue weighted by molar-refractivity contribution is 0.0228. The molecule has 1 aliphatic heterocycles. The van der Waals surface area contributed by atoms with Crippen LogP contribution in [0.25, 0.3) is 0 Å². The second-order valence-corrected chi connectivity index (χ2v) is 6.63. The average molecular weight is 291 g/mol. The SMILES string of the molecule is CN(C(=O)OC(C)(C)C)C1CCN(Cc2cccnc2)C1. The Hall–Kier alpha value is -1.62. The highest BCUT2D eigenvalue weighted by molar-refractivity contribution is 5.68. The first-order valence-electron chi connectivity index (χ1n) is 7.42. The Morgan fingerprint density at radius 2 is 2.29 bits per heavy atom. The zero-order chi connectivity index (χ0) is 15.5. The molecule has 1 fully saturated rings. The minimum absolute atomic E-state index is 0.219. The number of carbonyl (C=O) groups excluding carboxylic acids is 1. The van der Waals surface area contributed by atoms with Gasteiger partial charge in [-0.1, -0.05) is 6.07 Å². The molecule has 1 amide bonds. The van der Waals surface area contributed by atoms with Crippen molar-refractivity contribution in [3.63, 3.8) is 0 Å². The summed E-state index contributed by atoms with van der Waals surface area (Å²) in [4.78, 5) is 20.3. The fraction of sp³-hybridized carbons (Fsp3) is 0.625. The van der Waals surface area contributed by atoms with Crippen molar-refractivity contribution in [2.75, 3.05) is 20.1 Å². The highest BCUT2D eigenvalue weighted by atomic mass is 16.6. The van der Waals surface area contributed by atoms with Crippen LogP contribution in [-0.4, -0.2) is 52.7 Å². The highest BCUT2D eigenvalue weighted by Crippen LogP contribution is 2.19. The van der Waals surface area contributed by atoms with E-state index in [0.29, 0.717) is 0 Å². The van der Waals surface area contributed by atoms with Crippen LogP contribution in [0.5, 0.6) is 0 Å². The van der Waals surface area contributed by atoms with E-state index in [1.54, 1.807) is 11.1 Å². The van der Waals surface area contributed by atoms with Crippen molar-refractivity contribution in [3.05, 3.63) is 30.1 Å². The number of aromatic nitrogens is 1. The maximum Gasteiger partial charge on any atom is 0.410 e. The van der Waals surface area contributed by atoms with Crippen LogP contribution in [0.15, 0.2) is 24.5 Å². The quantitative estimate of drug-likeness (QED) is 0.858. The van der Waals surface area contributed by atoms with Gasteiger partial charge in [0.15, 0.2) is 0 Å². The van der Waals surface area contributed by atoms with Crippen LogP contribution in [0, 0.1) is 0 Å². The molecule has 5 heteroatoms. The lowest BCUT2D eigenvalue weighted by atomic mass is 10.2. The van der Waals surface area contributed by atoms with Crippen molar-refractivity contribution in [2.45, 2.75) is 45.4 Å². The number of ether oxygens (including phenoxy) is 1. The number of hydrogen-bond donors (Lipinski definition) is 0. The standard InChI is InChI=1S/C16H25N3O2/c1-16(2,3)21-15(20)18(4)14-7-9-19(12-14)11-13-6-5-8-17-10-13/h5-6,8,10,14H,7,9,11-12H2,1-4H3. The Bertz CT molecular complexity index is 470. The molecule has 0 aromatic carbocycles. The van der Waals surface area contributed by atoms with Gasteiger partial charge in [-0.05, 0) is 38.8 Å². The fourth-order valence-electron chi connectivity index (χ4n) is 2.50. The van der Waals surface area contributed by atoms with Gasteiger partial charge in [-0.15, -0.1) is 0 Å². The summed E-state index contributed by atoms with van der Waals surface area (Å²) >= 11 is 0. The summed E-state index contributed by atoms with van der Waals surface area (Å²) in [6.45, 7) is 8.43. The molecular formula is C16H25N3O2. The summed E-state index contributed by atoms with van der Waals surface area (Å²) in [7, 11) is 1.83. The summed E-state index contributed by atoms with van der Waals surface area (Å²) in [6, 6.07) is 4.25. The Kier molecular flexibility index (Phi) is 4.83. The number of amides is 1. The van der Waals surface area contributed by atoms with E-state index in [-0.39, 0.29) is 12.1 Å². The predicted molar refractivity (Wildman–Crippen MR) is 81.9 cm³/mol. The minimum atomic E-state index is -0.445. The average Bonchev–Trinajstić information content (AvgIpc) is 2.85. The molecule has 2 rings (SSSR count). The summed E-state index contributed by atoms with van der Waals surface area (Å²) in [6.07, 6.45) is 4.42. The molecule has 1 aromatic heterocycles. The second kappa shape index (κ2) is 6.43. The van der Waals surface area contributed by atoms with Crippen LogP contribution in [0.1, 0.15) is 32.8 Å². The van der Waals surface area contributed by atoms with Gasteiger partial charge in [-0.2, -0.15) is 0 Å².